The Morgan fingerprint density at radius 2 is 1.75 bits per heavy atom. The van der Waals surface area contributed by atoms with Gasteiger partial charge < -0.3 is 18.8 Å². The smallest absolute Gasteiger partial charge is 0.231 e. The fourth-order valence-electron chi connectivity index (χ4n) is 4.14. The molecule has 6 nitrogen and oxygen atoms in total. The maximum atomic E-state index is 6.09. The summed E-state index contributed by atoms with van der Waals surface area (Å²) >= 11 is 6.09. The maximum absolute atomic E-state index is 6.09. The van der Waals surface area contributed by atoms with Crippen molar-refractivity contribution in [2.24, 2.45) is 0 Å². The molecule has 0 unspecified atom stereocenters. The van der Waals surface area contributed by atoms with Gasteiger partial charge in [-0.25, -0.2) is 0 Å². The lowest BCUT2D eigenvalue weighted by Crippen LogP contribution is -2.04. The van der Waals surface area contributed by atoms with Crippen LogP contribution in [0.1, 0.15) is 5.56 Å². The number of methoxy groups -OCH3 is 1. The zero-order valence-electron chi connectivity index (χ0n) is 17.2. The number of pyridine rings is 1. The summed E-state index contributed by atoms with van der Waals surface area (Å²) in [4.78, 5) is 0. The monoisotopic (exact) mass is 443 g/mol. The molecule has 3 heterocycles. The van der Waals surface area contributed by atoms with Crippen LogP contribution in [0, 0.1) is 0 Å². The van der Waals surface area contributed by atoms with Crippen molar-refractivity contribution in [2.75, 3.05) is 13.9 Å². The number of nitrogens with zero attached hydrogens (tertiary/aromatic N) is 3. The number of ether oxygens (including phenoxy) is 3. The molecular weight excluding hydrogens is 426 g/mol. The second kappa shape index (κ2) is 7.43. The molecule has 0 fully saturated rings. The minimum Gasteiger partial charge on any atom is -0.497 e. The van der Waals surface area contributed by atoms with Crippen LogP contribution in [0.2, 0.25) is 5.02 Å². The average Bonchev–Trinajstić information content (AvgIpc) is 3.45. The van der Waals surface area contributed by atoms with E-state index < -0.39 is 0 Å². The second-order valence-electron chi connectivity index (χ2n) is 7.65. The largest absolute Gasteiger partial charge is 0.497 e. The molecule has 0 radical (unpaired) electrons. The van der Waals surface area contributed by atoms with Gasteiger partial charge in [0.15, 0.2) is 11.5 Å². The van der Waals surface area contributed by atoms with E-state index >= 15 is 0 Å². The van der Waals surface area contributed by atoms with Crippen molar-refractivity contribution >= 4 is 22.5 Å². The van der Waals surface area contributed by atoms with Crippen LogP contribution in [0.25, 0.3) is 33.4 Å². The number of fused-ring (bicyclic) bond motifs is 4. The second-order valence-corrected chi connectivity index (χ2v) is 8.09. The van der Waals surface area contributed by atoms with Crippen LogP contribution in [-0.2, 0) is 6.54 Å². The number of hydrogen-bond donors (Lipinski definition) is 0. The van der Waals surface area contributed by atoms with Crippen LogP contribution in [0.4, 0.5) is 0 Å². The van der Waals surface area contributed by atoms with Gasteiger partial charge in [-0.05, 0) is 35.9 Å². The Balaban J connectivity index is 1.58. The van der Waals surface area contributed by atoms with Crippen molar-refractivity contribution in [1.29, 1.82) is 0 Å². The van der Waals surface area contributed by atoms with E-state index in [-0.39, 0.29) is 6.79 Å². The Hall–Kier alpha value is -3.77. The predicted octanol–water partition coefficient (Wildman–Crippen LogP) is 5.64. The van der Waals surface area contributed by atoms with Crippen molar-refractivity contribution in [3.8, 4) is 39.8 Å². The molecule has 6 rings (SSSR count). The minimum atomic E-state index is 0.216. The van der Waals surface area contributed by atoms with Crippen LogP contribution in [0.3, 0.4) is 0 Å². The lowest BCUT2D eigenvalue weighted by atomic mass is 10.0. The van der Waals surface area contributed by atoms with Crippen LogP contribution >= 0.6 is 11.6 Å². The topological polar surface area (TPSA) is 58.4 Å². The third kappa shape index (κ3) is 3.11. The van der Waals surface area contributed by atoms with E-state index in [1.54, 1.807) is 7.11 Å². The van der Waals surface area contributed by atoms with Gasteiger partial charge >= 0.3 is 0 Å². The average molecular weight is 444 g/mol. The van der Waals surface area contributed by atoms with Gasteiger partial charge in [-0.1, -0.05) is 35.9 Å². The van der Waals surface area contributed by atoms with Gasteiger partial charge in [0.05, 0.1) is 12.6 Å². The predicted molar refractivity (Wildman–Crippen MR) is 123 cm³/mol. The molecule has 3 aromatic carbocycles. The van der Waals surface area contributed by atoms with Crippen molar-refractivity contribution < 1.29 is 14.2 Å². The molecule has 0 spiro atoms. The molecule has 0 N–H and O–H groups in total. The Morgan fingerprint density at radius 3 is 2.56 bits per heavy atom. The maximum Gasteiger partial charge on any atom is 0.231 e. The highest BCUT2D eigenvalue weighted by molar-refractivity contribution is 6.30. The van der Waals surface area contributed by atoms with E-state index in [1.165, 1.54) is 0 Å². The number of halogens is 1. The lowest BCUT2D eigenvalue weighted by molar-refractivity contribution is 0.174. The first kappa shape index (κ1) is 19.0. The van der Waals surface area contributed by atoms with E-state index in [4.69, 9.17) is 25.8 Å². The molecular formula is C25H18ClN3O3. The Morgan fingerprint density at radius 1 is 0.969 bits per heavy atom. The van der Waals surface area contributed by atoms with Gasteiger partial charge in [-0.15, -0.1) is 10.2 Å². The molecule has 0 aromatic heterocycles. The third-order valence-electron chi connectivity index (χ3n) is 5.71. The number of benzene rings is 3. The minimum absolute atomic E-state index is 0.216. The molecule has 3 aromatic rings. The highest BCUT2D eigenvalue weighted by atomic mass is 35.5. The van der Waals surface area contributed by atoms with E-state index in [0.29, 0.717) is 17.3 Å². The summed E-state index contributed by atoms with van der Waals surface area (Å²) in [5.74, 6) is 2.27. The first-order chi connectivity index (χ1) is 15.7. The normalized spacial score (nSPS) is 12.6. The van der Waals surface area contributed by atoms with Gasteiger partial charge in [0.25, 0.3) is 0 Å². The number of rotatable bonds is 4. The summed E-state index contributed by atoms with van der Waals surface area (Å²) in [6.07, 6.45) is 2.10. The number of aromatic nitrogens is 3. The van der Waals surface area contributed by atoms with Gasteiger partial charge in [-0.3, -0.25) is 0 Å². The Kier molecular flexibility index (Phi) is 4.40. The third-order valence-corrected chi connectivity index (χ3v) is 5.96. The molecule has 158 valence electrons. The molecule has 0 aliphatic carbocycles. The zero-order chi connectivity index (χ0) is 21.7. The molecule has 0 saturated carbocycles. The summed E-state index contributed by atoms with van der Waals surface area (Å²) in [6, 6.07) is 19.7. The summed E-state index contributed by atoms with van der Waals surface area (Å²) in [5.41, 5.74) is 5.67. The summed E-state index contributed by atoms with van der Waals surface area (Å²) in [5, 5.41) is 10.7. The van der Waals surface area contributed by atoms with Gasteiger partial charge in [-0.2, -0.15) is 0 Å². The van der Waals surface area contributed by atoms with E-state index in [0.717, 1.165) is 50.5 Å². The highest BCUT2D eigenvalue weighted by Gasteiger charge is 2.24. The fourth-order valence-corrected chi connectivity index (χ4v) is 4.27. The number of hydrogen-bond acceptors (Lipinski definition) is 5. The van der Waals surface area contributed by atoms with Gasteiger partial charge in [0.2, 0.25) is 6.79 Å². The molecule has 7 heteroatoms. The van der Waals surface area contributed by atoms with E-state index in [1.807, 2.05) is 54.6 Å². The molecule has 32 heavy (non-hydrogen) atoms. The van der Waals surface area contributed by atoms with Crippen molar-refractivity contribution in [3.05, 3.63) is 77.4 Å². The molecule has 0 amide bonds. The highest BCUT2D eigenvalue weighted by Crippen LogP contribution is 2.42. The quantitative estimate of drug-likeness (QED) is 0.359. The Bertz CT molecular complexity index is 1430. The van der Waals surface area contributed by atoms with Crippen molar-refractivity contribution in [3.63, 3.8) is 0 Å². The zero-order valence-corrected chi connectivity index (χ0v) is 18.0. The van der Waals surface area contributed by atoms with Crippen LogP contribution in [0.15, 0.2) is 66.9 Å². The van der Waals surface area contributed by atoms with Crippen molar-refractivity contribution in [1.82, 2.24) is 14.8 Å². The summed E-state index contributed by atoms with van der Waals surface area (Å²) in [6.45, 7) is 0.863. The van der Waals surface area contributed by atoms with E-state index in [2.05, 4.69) is 27.0 Å². The molecule has 0 saturated heterocycles. The van der Waals surface area contributed by atoms with Gasteiger partial charge in [0.1, 0.15) is 17.1 Å². The van der Waals surface area contributed by atoms with Crippen LogP contribution < -0.4 is 14.2 Å². The van der Waals surface area contributed by atoms with Crippen LogP contribution in [-0.4, -0.2) is 28.7 Å². The van der Waals surface area contributed by atoms with Crippen LogP contribution in [0.5, 0.6) is 17.2 Å². The molecule has 3 aliphatic rings. The molecule has 0 bridgehead atoms. The first-order valence-corrected chi connectivity index (χ1v) is 10.5. The Labute approximate surface area is 189 Å². The van der Waals surface area contributed by atoms with Gasteiger partial charge in [0, 0.05) is 40.3 Å². The SMILES string of the molecule is COc1cccc(Cn2cc3c(-c4ccc(Cl)cc4)nnc-3c3cc4c(cc32)OCO4)c1. The first-order valence-electron chi connectivity index (χ1n) is 10.2. The molecule has 0 atom stereocenters. The standard InChI is InChI=1S/C25H18ClN3O3/c1-30-18-4-2-3-15(9-18)12-29-13-20-24(16-5-7-17(26)8-6-16)27-28-25(20)19-10-22-23(11-21(19)29)32-14-31-22/h2-11,13H,12,14H2,1H3. The molecule has 3 aliphatic heterocycles. The lowest BCUT2D eigenvalue weighted by Gasteiger charge is -2.16. The fraction of sp³-hybridized carbons (Fsp3) is 0.120. The summed E-state index contributed by atoms with van der Waals surface area (Å²) in [7, 11) is 1.67. The summed E-state index contributed by atoms with van der Waals surface area (Å²) < 4.78 is 18.9. The van der Waals surface area contributed by atoms with Crippen molar-refractivity contribution in [2.45, 2.75) is 6.54 Å². The van der Waals surface area contributed by atoms with E-state index in [9.17, 15) is 0 Å².